The highest BCUT2D eigenvalue weighted by atomic mass is 15.1. The van der Waals surface area contributed by atoms with Crippen molar-refractivity contribution in [3.05, 3.63) is 223 Å². The van der Waals surface area contributed by atoms with Crippen LogP contribution in [0.3, 0.4) is 0 Å². The fraction of sp³-hybridized carbons (Fsp3) is 0.0385. The van der Waals surface area contributed by atoms with Gasteiger partial charge in [0.1, 0.15) is 0 Å². The van der Waals surface area contributed by atoms with Crippen molar-refractivity contribution in [1.82, 2.24) is 0 Å². The molecule has 9 aromatic carbocycles. The van der Waals surface area contributed by atoms with E-state index in [1.807, 2.05) is 83.8 Å². The molecule has 0 heterocycles. The number of nitrogens with zero attached hydrogens (tertiary/aromatic N) is 1. The number of hydrogen-bond acceptors (Lipinski definition) is 1. The van der Waals surface area contributed by atoms with E-state index in [1.165, 1.54) is 10.8 Å². The van der Waals surface area contributed by atoms with Crippen molar-refractivity contribution in [2.45, 2.75) is 12.3 Å². The van der Waals surface area contributed by atoms with E-state index in [0.717, 1.165) is 50.1 Å². The number of anilines is 3. The summed E-state index contributed by atoms with van der Waals surface area (Å²) < 4.78 is 62.8. The van der Waals surface area contributed by atoms with E-state index in [9.17, 15) is 2.74 Å². The molecule has 0 N–H and O–H groups in total. The average Bonchev–Trinajstić information content (AvgIpc) is 3.57. The molecule has 250 valence electrons. The summed E-state index contributed by atoms with van der Waals surface area (Å²) in [4.78, 5) is 1.86. The van der Waals surface area contributed by atoms with Gasteiger partial charge in [-0.1, -0.05) is 176 Å². The third-order valence-electron chi connectivity index (χ3n) is 10.9. The number of hydrogen-bond donors (Lipinski definition) is 0. The molecule has 53 heavy (non-hydrogen) atoms. The average molecular weight is 683 g/mol. The Balaban J connectivity index is 1.19. The van der Waals surface area contributed by atoms with Gasteiger partial charge in [0.2, 0.25) is 0 Å². The lowest BCUT2D eigenvalue weighted by Gasteiger charge is -2.31. The van der Waals surface area contributed by atoms with Crippen molar-refractivity contribution in [3.8, 4) is 33.4 Å². The second kappa shape index (κ2) is 12.5. The summed E-state index contributed by atoms with van der Waals surface area (Å²) in [6, 6.07) is 53.1. The second-order valence-electron chi connectivity index (χ2n) is 13.7. The highest BCUT2D eigenvalue weighted by molar-refractivity contribution is 6.03. The van der Waals surface area contributed by atoms with Gasteiger partial charge in [-0.2, -0.15) is 0 Å². The van der Waals surface area contributed by atoms with E-state index >= 15 is 0 Å². The van der Waals surface area contributed by atoms with Crippen molar-refractivity contribution in [1.29, 1.82) is 0 Å². The molecule has 0 aliphatic heterocycles. The lowest BCUT2D eigenvalue weighted by atomic mass is 9.74. The van der Waals surface area contributed by atoms with Crippen LogP contribution in [0.15, 0.2) is 206 Å². The van der Waals surface area contributed by atoms with E-state index in [1.54, 1.807) is 0 Å². The highest BCUT2D eigenvalue weighted by Gasteiger charge is 2.42. The third-order valence-corrected chi connectivity index (χ3v) is 10.9. The first kappa shape index (κ1) is 24.5. The lowest BCUT2D eigenvalue weighted by molar-refractivity contribution is 0.714. The minimum Gasteiger partial charge on any atom is -0.309 e. The molecule has 0 radical (unpaired) electrons. The molecular formula is C52H37N. The summed E-state index contributed by atoms with van der Waals surface area (Å²) in [5, 5.41) is 2.31. The summed E-state index contributed by atoms with van der Waals surface area (Å²) in [6.45, 7) is 2.22. The molecule has 0 saturated heterocycles. The standard InChI is InChI=1S/C52H37N/c1-52(43-17-3-2-4-18-43)47-21-10-9-20-46(47)51-48(52)22-12-24-50(51)53(49-23-11-16-40-14-7-8-19-45(40)49)44-33-31-38(32-34-44)37-25-27-39(28-26-37)42-30-29-36-13-5-6-15-41(36)35-42/h2-35H,1H3/i7D,8D,11D,14D,16D,19D,23D. The molecule has 0 aromatic heterocycles. The maximum atomic E-state index is 9.50. The molecule has 1 atom stereocenters. The molecule has 9 aromatic rings. The summed E-state index contributed by atoms with van der Waals surface area (Å²) in [5.74, 6) is 0. The molecule has 0 amide bonds. The normalized spacial score (nSPS) is 16.4. The lowest BCUT2D eigenvalue weighted by Crippen LogP contribution is -2.22. The van der Waals surface area contributed by atoms with Gasteiger partial charge in [0, 0.05) is 22.1 Å². The summed E-state index contributed by atoms with van der Waals surface area (Å²) >= 11 is 0. The molecule has 0 spiro atoms. The topological polar surface area (TPSA) is 3.24 Å². The first-order valence-corrected chi connectivity index (χ1v) is 17.9. The SMILES string of the molecule is [2H]c1c([2H])c([2H])c2c(N(c3ccc(-c4ccc(-c5ccc6ccccc6c5)cc4)cc3)c3cccc4c3-c3ccccc3C4(C)c3ccccc3)c([2H])c([2H])c([2H])c2c1[2H]. The quantitative estimate of drug-likeness (QED) is 0.169. The van der Waals surface area contributed by atoms with E-state index < -0.39 is 35.6 Å². The van der Waals surface area contributed by atoms with E-state index in [-0.39, 0.29) is 28.5 Å². The van der Waals surface area contributed by atoms with Crippen LogP contribution in [0.4, 0.5) is 17.1 Å². The van der Waals surface area contributed by atoms with Crippen LogP contribution in [-0.4, -0.2) is 0 Å². The van der Waals surface area contributed by atoms with Crippen LogP contribution in [0.1, 0.15) is 33.2 Å². The van der Waals surface area contributed by atoms with Gasteiger partial charge < -0.3 is 4.90 Å². The smallest absolute Gasteiger partial charge is 0.0645 e. The zero-order chi connectivity index (χ0) is 41.4. The van der Waals surface area contributed by atoms with Gasteiger partial charge in [0.15, 0.2) is 0 Å². The van der Waals surface area contributed by atoms with Crippen LogP contribution in [0.5, 0.6) is 0 Å². The van der Waals surface area contributed by atoms with Crippen molar-refractivity contribution >= 4 is 38.6 Å². The molecule has 10 rings (SSSR count). The number of fused-ring (bicyclic) bond motifs is 5. The zero-order valence-electron chi connectivity index (χ0n) is 36.0. The minimum absolute atomic E-state index is 0.0232. The fourth-order valence-electron chi connectivity index (χ4n) is 8.17. The Kier molecular flexibility index (Phi) is 5.78. The summed E-state index contributed by atoms with van der Waals surface area (Å²) in [5.41, 5.74) is 10.3. The van der Waals surface area contributed by atoms with Crippen molar-refractivity contribution in [3.63, 3.8) is 0 Å². The van der Waals surface area contributed by atoms with E-state index in [2.05, 4.69) is 91.9 Å². The van der Waals surface area contributed by atoms with Crippen LogP contribution in [0.2, 0.25) is 0 Å². The molecule has 1 nitrogen and oxygen atoms in total. The number of benzene rings is 9. The Morgan fingerprint density at radius 3 is 1.89 bits per heavy atom. The van der Waals surface area contributed by atoms with Crippen molar-refractivity contribution < 1.29 is 9.60 Å². The van der Waals surface area contributed by atoms with E-state index in [4.69, 9.17) is 6.85 Å². The van der Waals surface area contributed by atoms with Gasteiger partial charge >= 0.3 is 0 Å². The molecule has 1 heteroatoms. The van der Waals surface area contributed by atoms with Gasteiger partial charge in [-0.25, -0.2) is 0 Å². The Morgan fingerprint density at radius 2 is 1.08 bits per heavy atom. The second-order valence-corrected chi connectivity index (χ2v) is 13.7. The Labute approximate surface area is 320 Å². The van der Waals surface area contributed by atoms with Crippen LogP contribution < -0.4 is 4.90 Å². The number of rotatable bonds is 6. The molecular weight excluding hydrogens is 639 g/mol. The maximum Gasteiger partial charge on any atom is 0.0645 e. The fourth-order valence-corrected chi connectivity index (χ4v) is 8.17. The van der Waals surface area contributed by atoms with Crippen molar-refractivity contribution in [2.75, 3.05) is 4.90 Å². The first-order chi connectivity index (χ1) is 29.1. The maximum absolute atomic E-state index is 9.50. The van der Waals surface area contributed by atoms with Crippen LogP contribution in [-0.2, 0) is 5.41 Å². The Bertz CT molecular complexity index is 3170. The van der Waals surface area contributed by atoms with Crippen LogP contribution >= 0.6 is 0 Å². The Morgan fingerprint density at radius 1 is 0.453 bits per heavy atom. The molecule has 1 unspecified atom stereocenters. The van der Waals surface area contributed by atoms with Gasteiger partial charge in [0.25, 0.3) is 0 Å². The molecule has 0 fully saturated rings. The molecule has 1 aliphatic carbocycles. The molecule has 0 bridgehead atoms. The van der Waals surface area contributed by atoms with Gasteiger partial charge in [-0.05, 0) is 97.9 Å². The zero-order valence-corrected chi connectivity index (χ0v) is 29.0. The first-order valence-electron chi connectivity index (χ1n) is 21.4. The third kappa shape index (κ3) is 5.08. The molecule has 0 saturated carbocycles. The van der Waals surface area contributed by atoms with E-state index in [0.29, 0.717) is 11.4 Å². The predicted molar refractivity (Wildman–Crippen MR) is 224 cm³/mol. The van der Waals surface area contributed by atoms with Gasteiger partial charge in [0.05, 0.1) is 21.0 Å². The van der Waals surface area contributed by atoms with Crippen LogP contribution in [0.25, 0.3) is 54.9 Å². The minimum atomic E-state index is -0.543. The summed E-state index contributed by atoms with van der Waals surface area (Å²) in [7, 11) is 0. The van der Waals surface area contributed by atoms with Crippen LogP contribution in [0, 0.1) is 0 Å². The Hall–Kier alpha value is -6.70. The predicted octanol–water partition coefficient (Wildman–Crippen LogP) is 14.1. The molecule has 1 aliphatic rings. The van der Waals surface area contributed by atoms with Gasteiger partial charge in [-0.15, -0.1) is 0 Å². The van der Waals surface area contributed by atoms with Gasteiger partial charge in [-0.3, -0.25) is 0 Å². The van der Waals surface area contributed by atoms with Crippen molar-refractivity contribution in [2.24, 2.45) is 0 Å². The summed E-state index contributed by atoms with van der Waals surface area (Å²) in [6.07, 6.45) is 0. The monoisotopic (exact) mass is 682 g/mol. The highest BCUT2D eigenvalue weighted by Crippen LogP contribution is 2.57. The largest absolute Gasteiger partial charge is 0.309 e.